The Labute approximate surface area is 105 Å². The molecule has 0 saturated carbocycles. The van der Waals surface area contributed by atoms with Gasteiger partial charge in [-0.3, -0.25) is 4.79 Å². The molecule has 92 valence electrons. The maximum Gasteiger partial charge on any atom is 0.417 e. The minimum Gasteiger partial charge on any atom is -0.431 e. The Morgan fingerprint density at radius 2 is 1.88 bits per heavy atom. The van der Waals surface area contributed by atoms with Crippen LogP contribution in [-0.2, 0) is 9.53 Å². The molecule has 0 aromatic heterocycles. The number of carbonyl (C=O) groups is 2. The summed E-state index contributed by atoms with van der Waals surface area (Å²) in [5, 5.41) is 0. The number of imide groups is 1. The quantitative estimate of drug-likeness (QED) is 0.879. The average Bonchev–Trinajstić information content (AvgIpc) is 2.59. The highest BCUT2D eigenvalue weighted by Crippen LogP contribution is 2.26. The average molecular weight is 257 g/mol. The SMILES string of the molecule is Cl.NCCN1C(=O)OC(c2ccccc2)C1=O. The Morgan fingerprint density at radius 1 is 1.24 bits per heavy atom. The molecule has 5 nitrogen and oxygen atoms in total. The molecule has 1 aromatic carbocycles. The van der Waals surface area contributed by atoms with Crippen LogP contribution in [0.15, 0.2) is 30.3 Å². The number of ether oxygens (including phenoxy) is 1. The van der Waals surface area contributed by atoms with Crippen LogP contribution in [0.4, 0.5) is 4.79 Å². The lowest BCUT2D eigenvalue weighted by atomic mass is 10.1. The van der Waals surface area contributed by atoms with Crippen LogP contribution in [0.3, 0.4) is 0 Å². The van der Waals surface area contributed by atoms with Crippen molar-refractivity contribution in [2.24, 2.45) is 5.73 Å². The van der Waals surface area contributed by atoms with Crippen molar-refractivity contribution in [1.82, 2.24) is 4.90 Å². The zero-order valence-electron chi connectivity index (χ0n) is 9.04. The van der Waals surface area contributed by atoms with E-state index in [0.717, 1.165) is 4.90 Å². The van der Waals surface area contributed by atoms with Gasteiger partial charge in [0.25, 0.3) is 5.91 Å². The molecule has 0 bridgehead atoms. The van der Waals surface area contributed by atoms with Gasteiger partial charge >= 0.3 is 6.09 Å². The Kier molecular flexibility index (Phi) is 4.48. The third-order valence-electron chi connectivity index (χ3n) is 2.38. The first kappa shape index (κ1) is 13.5. The van der Waals surface area contributed by atoms with Crippen molar-refractivity contribution in [3.8, 4) is 0 Å². The van der Waals surface area contributed by atoms with Crippen LogP contribution < -0.4 is 5.73 Å². The number of benzene rings is 1. The van der Waals surface area contributed by atoms with Gasteiger partial charge in [-0.05, 0) is 0 Å². The fourth-order valence-corrected chi connectivity index (χ4v) is 1.62. The summed E-state index contributed by atoms with van der Waals surface area (Å²) in [4.78, 5) is 24.3. The van der Waals surface area contributed by atoms with Crippen LogP contribution in [0.2, 0.25) is 0 Å². The monoisotopic (exact) mass is 256 g/mol. The third kappa shape index (κ3) is 2.57. The fraction of sp³-hybridized carbons (Fsp3) is 0.273. The molecule has 1 aliphatic heterocycles. The molecule has 6 heteroatoms. The minimum atomic E-state index is -0.819. The normalized spacial score (nSPS) is 18.9. The molecule has 1 aliphatic rings. The summed E-state index contributed by atoms with van der Waals surface area (Å²) in [6.07, 6.45) is -1.44. The van der Waals surface area contributed by atoms with Crippen molar-refractivity contribution in [2.75, 3.05) is 13.1 Å². The van der Waals surface area contributed by atoms with Gasteiger partial charge in [-0.25, -0.2) is 9.69 Å². The summed E-state index contributed by atoms with van der Waals surface area (Å²) in [5.74, 6) is -0.346. The van der Waals surface area contributed by atoms with E-state index in [0.29, 0.717) is 5.56 Å². The van der Waals surface area contributed by atoms with Gasteiger partial charge in [-0.1, -0.05) is 30.3 Å². The van der Waals surface area contributed by atoms with Gasteiger partial charge in [0, 0.05) is 18.7 Å². The van der Waals surface area contributed by atoms with E-state index >= 15 is 0 Å². The highest BCUT2D eigenvalue weighted by molar-refractivity contribution is 6.00. The van der Waals surface area contributed by atoms with Crippen molar-refractivity contribution in [3.05, 3.63) is 35.9 Å². The Bertz CT molecular complexity index is 410. The molecular weight excluding hydrogens is 244 g/mol. The number of nitrogens with two attached hydrogens (primary N) is 1. The lowest BCUT2D eigenvalue weighted by Gasteiger charge is -2.08. The van der Waals surface area contributed by atoms with E-state index in [4.69, 9.17) is 10.5 Å². The number of hydrogen-bond donors (Lipinski definition) is 1. The van der Waals surface area contributed by atoms with E-state index in [-0.39, 0.29) is 31.4 Å². The smallest absolute Gasteiger partial charge is 0.417 e. The van der Waals surface area contributed by atoms with Crippen LogP contribution in [0.25, 0.3) is 0 Å². The summed E-state index contributed by atoms with van der Waals surface area (Å²) in [7, 11) is 0. The molecule has 0 aliphatic carbocycles. The Hall–Kier alpha value is -1.59. The molecule has 1 heterocycles. The second-order valence-electron chi connectivity index (χ2n) is 3.45. The summed E-state index contributed by atoms with van der Waals surface area (Å²) in [6.45, 7) is 0.434. The van der Waals surface area contributed by atoms with Crippen molar-refractivity contribution >= 4 is 24.4 Å². The number of cyclic esters (lactones) is 1. The van der Waals surface area contributed by atoms with Crippen LogP contribution in [-0.4, -0.2) is 30.0 Å². The molecule has 1 fully saturated rings. The molecule has 0 spiro atoms. The minimum absolute atomic E-state index is 0. The number of hydrogen-bond acceptors (Lipinski definition) is 4. The lowest BCUT2D eigenvalue weighted by molar-refractivity contribution is -0.129. The fourth-order valence-electron chi connectivity index (χ4n) is 1.62. The number of amides is 2. The number of halogens is 1. The molecule has 2 amide bonds. The molecule has 1 saturated heterocycles. The number of nitrogens with zero attached hydrogens (tertiary/aromatic N) is 1. The molecule has 0 radical (unpaired) electrons. The van der Waals surface area contributed by atoms with Gasteiger partial charge in [0.15, 0.2) is 0 Å². The van der Waals surface area contributed by atoms with Crippen LogP contribution in [0, 0.1) is 0 Å². The van der Waals surface area contributed by atoms with Gasteiger partial charge < -0.3 is 10.5 Å². The van der Waals surface area contributed by atoms with E-state index < -0.39 is 12.2 Å². The van der Waals surface area contributed by atoms with Crippen LogP contribution >= 0.6 is 12.4 Å². The second kappa shape index (κ2) is 5.65. The van der Waals surface area contributed by atoms with Crippen molar-refractivity contribution in [3.63, 3.8) is 0 Å². The zero-order valence-corrected chi connectivity index (χ0v) is 9.85. The summed E-state index contributed by atoms with van der Waals surface area (Å²) < 4.78 is 5.01. The van der Waals surface area contributed by atoms with Gasteiger partial charge in [-0.2, -0.15) is 0 Å². The largest absolute Gasteiger partial charge is 0.431 e. The molecule has 17 heavy (non-hydrogen) atoms. The topological polar surface area (TPSA) is 72.6 Å². The highest BCUT2D eigenvalue weighted by atomic mass is 35.5. The van der Waals surface area contributed by atoms with Gasteiger partial charge in [0.1, 0.15) is 0 Å². The van der Waals surface area contributed by atoms with Gasteiger partial charge in [0.2, 0.25) is 6.10 Å². The predicted octanol–water partition coefficient (Wildman–Crippen LogP) is 1.09. The number of rotatable bonds is 3. The first-order chi connectivity index (χ1) is 7.74. The molecule has 1 aromatic rings. The first-order valence-corrected chi connectivity index (χ1v) is 5.01. The van der Waals surface area contributed by atoms with Crippen molar-refractivity contribution in [1.29, 1.82) is 0 Å². The summed E-state index contributed by atoms with van der Waals surface area (Å²) >= 11 is 0. The highest BCUT2D eigenvalue weighted by Gasteiger charge is 2.40. The maximum atomic E-state index is 11.8. The van der Waals surface area contributed by atoms with E-state index in [1.165, 1.54) is 0 Å². The second-order valence-corrected chi connectivity index (χ2v) is 3.45. The van der Waals surface area contributed by atoms with Crippen LogP contribution in [0.1, 0.15) is 11.7 Å². The maximum absolute atomic E-state index is 11.8. The Balaban J connectivity index is 0.00000144. The standard InChI is InChI=1S/C11H12N2O3.ClH/c12-6-7-13-10(14)9(16-11(13)15)8-4-2-1-3-5-8;/h1-5,9H,6-7,12H2;1H. The van der Waals surface area contributed by atoms with Crippen molar-refractivity contribution in [2.45, 2.75) is 6.10 Å². The summed E-state index contributed by atoms with van der Waals surface area (Å²) in [6, 6.07) is 8.93. The van der Waals surface area contributed by atoms with E-state index in [9.17, 15) is 9.59 Å². The Morgan fingerprint density at radius 3 is 2.47 bits per heavy atom. The lowest BCUT2D eigenvalue weighted by Crippen LogP contribution is -2.34. The number of carbonyl (C=O) groups excluding carboxylic acids is 2. The van der Waals surface area contributed by atoms with Gasteiger partial charge in [0.05, 0.1) is 0 Å². The van der Waals surface area contributed by atoms with Crippen molar-refractivity contribution < 1.29 is 14.3 Å². The van der Waals surface area contributed by atoms with Gasteiger partial charge in [-0.15, -0.1) is 12.4 Å². The molecule has 1 unspecified atom stereocenters. The van der Waals surface area contributed by atoms with Crippen LogP contribution in [0.5, 0.6) is 0 Å². The predicted molar refractivity (Wildman–Crippen MR) is 63.7 cm³/mol. The molecular formula is C11H13ClN2O3. The van der Waals surface area contributed by atoms with E-state index in [1.54, 1.807) is 24.3 Å². The van der Waals surface area contributed by atoms with E-state index in [1.807, 2.05) is 6.07 Å². The third-order valence-corrected chi connectivity index (χ3v) is 2.38. The summed E-state index contributed by atoms with van der Waals surface area (Å²) in [5.41, 5.74) is 6.00. The molecule has 2 N–H and O–H groups in total. The first-order valence-electron chi connectivity index (χ1n) is 5.01. The molecule has 2 rings (SSSR count). The zero-order chi connectivity index (χ0) is 11.5. The molecule has 1 atom stereocenters. The van der Waals surface area contributed by atoms with E-state index in [2.05, 4.69) is 0 Å².